The van der Waals surface area contributed by atoms with E-state index in [1.54, 1.807) is 0 Å². The first-order chi connectivity index (χ1) is 8.93. The molecule has 0 saturated carbocycles. The molecule has 0 aromatic heterocycles. The Balaban J connectivity index is 2.30. The molecule has 0 heterocycles. The number of rotatable bonds is 8. The third-order valence-electron chi connectivity index (χ3n) is 3.12. The van der Waals surface area contributed by atoms with E-state index >= 15 is 0 Å². The summed E-state index contributed by atoms with van der Waals surface area (Å²) in [5.41, 5.74) is 1.23. The van der Waals surface area contributed by atoms with Crippen molar-refractivity contribution in [3.63, 3.8) is 0 Å². The average molecular weight is 265 g/mol. The van der Waals surface area contributed by atoms with Crippen molar-refractivity contribution in [1.82, 2.24) is 5.32 Å². The minimum atomic E-state index is -0.489. The normalized spacial score (nSPS) is 13.3. The lowest BCUT2D eigenvalue weighted by molar-refractivity contribution is 0.0980. The summed E-state index contributed by atoms with van der Waals surface area (Å²) in [4.78, 5) is 0. The lowest BCUT2D eigenvalue weighted by Crippen LogP contribution is -2.44. The van der Waals surface area contributed by atoms with Crippen LogP contribution in [0.4, 0.5) is 0 Å². The maximum atomic E-state index is 9.92. The maximum Gasteiger partial charge on any atom is 0.119 e. The van der Waals surface area contributed by atoms with Crippen molar-refractivity contribution in [2.24, 2.45) is 0 Å². The van der Waals surface area contributed by atoms with Crippen LogP contribution >= 0.6 is 0 Å². The van der Waals surface area contributed by atoms with Crippen LogP contribution in [0.5, 0.6) is 5.75 Å². The van der Waals surface area contributed by atoms with Gasteiger partial charge in [0, 0.05) is 12.1 Å². The van der Waals surface area contributed by atoms with Gasteiger partial charge < -0.3 is 15.2 Å². The van der Waals surface area contributed by atoms with Gasteiger partial charge in [-0.25, -0.2) is 0 Å². The molecule has 0 amide bonds. The second-order valence-corrected chi connectivity index (χ2v) is 5.80. The van der Waals surface area contributed by atoms with Crippen molar-refractivity contribution < 1.29 is 9.84 Å². The number of hydrogen-bond acceptors (Lipinski definition) is 3. The van der Waals surface area contributed by atoms with Crippen molar-refractivity contribution in [1.29, 1.82) is 0 Å². The molecule has 0 bridgehead atoms. The fourth-order valence-corrected chi connectivity index (χ4v) is 2.06. The van der Waals surface area contributed by atoms with Gasteiger partial charge in [-0.3, -0.25) is 0 Å². The monoisotopic (exact) mass is 265 g/mol. The fraction of sp³-hybridized carbons (Fsp3) is 0.625. The van der Waals surface area contributed by atoms with Crippen molar-refractivity contribution >= 4 is 0 Å². The smallest absolute Gasteiger partial charge is 0.119 e. The van der Waals surface area contributed by atoms with E-state index in [0.29, 0.717) is 13.2 Å². The largest absolute Gasteiger partial charge is 0.491 e. The van der Waals surface area contributed by atoms with E-state index in [9.17, 15) is 5.11 Å². The van der Waals surface area contributed by atoms with Gasteiger partial charge in [-0.05, 0) is 44.9 Å². The first-order valence-corrected chi connectivity index (χ1v) is 7.05. The first kappa shape index (κ1) is 16.0. The highest BCUT2D eigenvalue weighted by Crippen LogP contribution is 2.13. The predicted molar refractivity (Wildman–Crippen MR) is 79.7 cm³/mol. The van der Waals surface area contributed by atoms with Gasteiger partial charge in [-0.15, -0.1) is 0 Å². The summed E-state index contributed by atoms with van der Waals surface area (Å²) in [6.07, 6.45) is 1.74. The van der Waals surface area contributed by atoms with Gasteiger partial charge in [0.25, 0.3) is 0 Å². The van der Waals surface area contributed by atoms with E-state index in [4.69, 9.17) is 4.74 Å². The Labute approximate surface area is 117 Å². The molecule has 2 N–H and O–H groups in total. The second-order valence-electron chi connectivity index (χ2n) is 5.80. The molecule has 1 aromatic carbocycles. The number of aliphatic hydroxyl groups is 1. The number of nitrogens with one attached hydrogen (secondary N) is 1. The van der Waals surface area contributed by atoms with E-state index in [1.165, 1.54) is 0 Å². The SMILES string of the molecule is CCCC(C)(C)NCC(O)COc1cccc(C)c1. The van der Waals surface area contributed by atoms with E-state index in [2.05, 4.69) is 26.1 Å². The maximum absolute atomic E-state index is 9.92. The van der Waals surface area contributed by atoms with Crippen LogP contribution in [0, 0.1) is 6.92 Å². The van der Waals surface area contributed by atoms with Crippen molar-refractivity contribution in [3.05, 3.63) is 29.8 Å². The van der Waals surface area contributed by atoms with Crippen molar-refractivity contribution in [2.45, 2.75) is 52.2 Å². The van der Waals surface area contributed by atoms with E-state index < -0.39 is 6.10 Å². The van der Waals surface area contributed by atoms with Gasteiger partial charge >= 0.3 is 0 Å². The summed E-state index contributed by atoms with van der Waals surface area (Å²) >= 11 is 0. The Bertz CT molecular complexity index is 377. The third-order valence-corrected chi connectivity index (χ3v) is 3.12. The van der Waals surface area contributed by atoms with E-state index in [-0.39, 0.29) is 5.54 Å². The van der Waals surface area contributed by atoms with Gasteiger partial charge in [0.05, 0.1) is 0 Å². The summed E-state index contributed by atoms with van der Waals surface area (Å²) < 4.78 is 5.58. The topological polar surface area (TPSA) is 41.5 Å². The van der Waals surface area contributed by atoms with Gasteiger partial charge in [0.2, 0.25) is 0 Å². The molecule has 108 valence electrons. The molecule has 1 unspecified atom stereocenters. The standard InChI is InChI=1S/C16H27NO2/c1-5-9-16(3,4)17-11-14(18)12-19-15-8-6-7-13(2)10-15/h6-8,10,14,17-18H,5,9,11-12H2,1-4H3. The Hall–Kier alpha value is -1.06. The summed E-state index contributed by atoms with van der Waals surface area (Å²) in [6, 6.07) is 7.87. The summed E-state index contributed by atoms with van der Waals surface area (Å²) in [5.74, 6) is 0.812. The van der Waals surface area contributed by atoms with Gasteiger partial charge in [-0.1, -0.05) is 25.5 Å². The lowest BCUT2D eigenvalue weighted by atomic mass is 9.99. The van der Waals surface area contributed by atoms with E-state index in [0.717, 1.165) is 24.2 Å². The fourth-order valence-electron chi connectivity index (χ4n) is 2.06. The van der Waals surface area contributed by atoms with Crippen LogP contribution in [0.25, 0.3) is 0 Å². The molecule has 19 heavy (non-hydrogen) atoms. The minimum Gasteiger partial charge on any atom is -0.491 e. The van der Waals surface area contributed by atoms with Crippen molar-refractivity contribution in [3.8, 4) is 5.75 Å². The molecule has 0 aliphatic heterocycles. The molecular formula is C16H27NO2. The lowest BCUT2D eigenvalue weighted by Gasteiger charge is -2.27. The van der Waals surface area contributed by atoms with Crippen LogP contribution in [0.2, 0.25) is 0 Å². The number of benzene rings is 1. The Kier molecular flexibility index (Phi) is 6.32. The first-order valence-electron chi connectivity index (χ1n) is 7.05. The predicted octanol–water partition coefficient (Wildman–Crippen LogP) is 2.90. The molecular weight excluding hydrogens is 238 g/mol. The quantitative estimate of drug-likeness (QED) is 0.759. The molecule has 1 atom stereocenters. The van der Waals surface area contributed by atoms with Crippen LogP contribution in [0.15, 0.2) is 24.3 Å². The Morgan fingerprint density at radius 1 is 1.37 bits per heavy atom. The van der Waals surface area contributed by atoms with Crippen LogP contribution in [-0.4, -0.2) is 29.9 Å². The van der Waals surface area contributed by atoms with E-state index in [1.807, 2.05) is 31.2 Å². The van der Waals surface area contributed by atoms with Crippen LogP contribution in [0.3, 0.4) is 0 Å². The zero-order valence-electron chi connectivity index (χ0n) is 12.6. The number of aliphatic hydroxyl groups excluding tert-OH is 1. The van der Waals surface area contributed by atoms with Gasteiger partial charge in [-0.2, -0.15) is 0 Å². The Morgan fingerprint density at radius 3 is 2.74 bits per heavy atom. The third kappa shape index (κ3) is 6.60. The highest BCUT2D eigenvalue weighted by atomic mass is 16.5. The molecule has 0 radical (unpaired) electrons. The molecule has 3 heteroatoms. The zero-order chi connectivity index (χ0) is 14.3. The highest BCUT2D eigenvalue weighted by Gasteiger charge is 2.17. The molecule has 0 fully saturated rings. The summed E-state index contributed by atoms with van der Waals surface area (Å²) in [5, 5.41) is 13.3. The number of hydrogen-bond donors (Lipinski definition) is 2. The number of aryl methyl sites for hydroxylation is 1. The number of β-amino-alcohol motifs (C(OH)–C–C–N with tert-alkyl or cyclic N) is 1. The Morgan fingerprint density at radius 2 is 2.11 bits per heavy atom. The summed E-state index contributed by atoms with van der Waals surface area (Å²) in [7, 11) is 0. The molecule has 0 saturated heterocycles. The minimum absolute atomic E-state index is 0.0685. The van der Waals surface area contributed by atoms with Crippen molar-refractivity contribution in [2.75, 3.05) is 13.2 Å². The molecule has 1 aromatic rings. The molecule has 0 aliphatic carbocycles. The number of ether oxygens (including phenoxy) is 1. The van der Waals surface area contributed by atoms with Crippen LogP contribution < -0.4 is 10.1 Å². The van der Waals surface area contributed by atoms with Gasteiger partial charge in [0.1, 0.15) is 18.5 Å². The second kappa shape index (κ2) is 7.51. The molecule has 0 spiro atoms. The van der Waals surface area contributed by atoms with Crippen LogP contribution in [-0.2, 0) is 0 Å². The zero-order valence-corrected chi connectivity index (χ0v) is 12.6. The average Bonchev–Trinajstić information content (AvgIpc) is 2.34. The molecule has 3 nitrogen and oxygen atoms in total. The highest BCUT2D eigenvalue weighted by molar-refractivity contribution is 5.27. The molecule has 1 rings (SSSR count). The summed E-state index contributed by atoms with van der Waals surface area (Å²) in [6.45, 7) is 9.38. The van der Waals surface area contributed by atoms with Gasteiger partial charge in [0.15, 0.2) is 0 Å². The molecule has 0 aliphatic rings. The van der Waals surface area contributed by atoms with Crippen LogP contribution in [0.1, 0.15) is 39.2 Å².